The van der Waals surface area contributed by atoms with Gasteiger partial charge in [-0.1, -0.05) is 24.3 Å². The van der Waals surface area contributed by atoms with Crippen LogP contribution in [0.2, 0.25) is 0 Å². The quantitative estimate of drug-likeness (QED) is 0.711. The second-order valence-corrected chi connectivity index (χ2v) is 7.53. The summed E-state index contributed by atoms with van der Waals surface area (Å²) in [6.07, 6.45) is 5.30. The fraction of sp³-hybridized carbons (Fsp3) is 0.389. The molecule has 1 aromatic heterocycles. The highest BCUT2D eigenvalue weighted by Gasteiger charge is 2.35. The third-order valence-electron chi connectivity index (χ3n) is 4.46. The van der Waals surface area contributed by atoms with Crippen molar-refractivity contribution < 1.29 is 19.8 Å². The fourth-order valence-electron chi connectivity index (χ4n) is 2.89. The van der Waals surface area contributed by atoms with E-state index >= 15 is 0 Å². The molecule has 3 N–H and O–H groups in total. The van der Waals surface area contributed by atoms with Gasteiger partial charge in [0.1, 0.15) is 0 Å². The van der Waals surface area contributed by atoms with Gasteiger partial charge in [-0.2, -0.15) is 0 Å². The lowest BCUT2D eigenvalue weighted by Crippen LogP contribution is -2.48. The molecule has 3 atom stereocenters. The van der Waals surface area contributed by atoms with Gasteiger partial charge in [0.2, 0.25) is 5.91 Å². The number of carboxylic acids is 1. The predicted octanol–water partition coefficient (Wildman–Crippen LogP) is 2.30. The molecule has 0 saturated carbocycles. The zero-order valence-corrected chi connectivity index (χ0v) is 14.6. The van der Waals surface area contributed by atoms with E-state index in [0.717, 1.165) is 15.2 Å². The first kappa shape index (κ1) is 17.6. The molecular formula is C18H20N2O4S. The average molecular weight is 360 g/mol. The SMILES string of the molecule is CC(O)(CNC(=O)C1CC=CCC1c1nc2ccccc2s1)C(=O)O. The zero-order chi connectivity index (χ0) is 18.0. The number of rotatable bonds is 5. The van der Waals surface area contributed by atoms with Gasteiger partial charge in [0, 0.05) is 5.92 Å². The number of carbonyl (C=O) groups is 2. The molecule has 1 heterocycles. The maximum Gasteiger partial charge on any atom is 0.337 e. The average Bonchev–Trinajstić information content (AvgIpc) is 3.03. The van der Waals surface area contributed by atoms with Gasteiger partial charge in [0.05, 0.1) is 27.7 Å². The molecule has 0 radical (unpaired) electrons. The van der Waals surface area contributed by atoms with Crippen molar-refractivity contribution in [1.82, 2.24) is 10.3 Å². The van der Waals surface area contributed by atoms with E-state index in [0.29, 0.717) is 12.8 Å². The molecule has 1 aliphatic carbocycles. The standard InChI is InChI=1S/C18H20N2O4S/c1-18(24,17(22)23)10-19-15(21)11-6-2-3-7-12(11)16-20-13-8-4-5-9-14(13)25-16/h2-5,8-9,11-12,24H,6-7,10H2,1H3,(H,19,21)(H,22,23). The van der Waals surface area contributed by atoms with Gasteiger partial charge >= 0.3 is 5.97 Å². The topological polar surface area (TPSA) is 99.5 Å². The number of para-hydroxylation sites is 1. The summed E-state index contributed by atoms with van der Waals surface area (Å²) in [6.45, 7) is 0.843. The minimum atomic E-state index is -1.98. The Morgan fingerprint density at radius 1 is 1.32 bits per heavy atom. The van der Waals surface area contributed by atoms with Gasteiger partial charge in [0.15, 0.2) is 5.60 Å². The maximum atomic E-state index is 12.6. The van der Waals surface area contributed by atoms with Crippen LogP contribution in [0.5, 0.6) is 0 Å². The summed E-state index contributed by atoms with van der Waals surface area (Å²) < 4.78 is 1.08. The highest BCUT2D eigenvalue weighted by atomic mass is 32.1. The molecule has 0 saturated heterocycles. The van der Waals surface area contributed by atoms with Crippen LogP contribution in [-0.2, 0) is 9.59 Å². The molecule has 1 aromatic carbocycles. The van der Waals surface area contributed by atoms with Crippen LogP contribution in [0, 0.1) is 5.92 Å². The fourth-order valence-corrected chi connectivity index (χ4v) is 4.04. The van der Waals surface area contributed by atoms with Crippen molar-refractivity contribution >= 4 is 33.4 Å². The summed E-state index contributed by atoms with van der Waals surface area (Å²) >= 11 is 1.58. The van der Waals surface area contributed by atoms with Crippen molar-refractivity contribution in [2.24, 2.45) is 5.92 Å². The lowest BCUT2D eigenvalue weighted by Gasteiger charge is -2.27. The summed E-state index contributed by atoms with van der Waals surface area (Å²) in [4.78, 5) is 28.2. The summed E-state index contributed by atoms with van der Waals surface area (Å²) in [5.74, 6) is -1.98. The molecule has 0 fully saturated rings. The molecule has 3 unspecified atom stereocenters. The molecule has 25 heavy (non-hydrogen) atoms. The number of benzene rings is 1. The number of amides is 1. The Labute approximate surface area is 149 Å². The number of nitrogens with one attached hydrogen (secondary N) is 1. The highest BCUT2D eigenvalue weighted by molar-refractivity contribution is 7.18. The molecule has 0 aliphatic heterocycles. The lowest BCUT2D eigenvalue weighted by atomic mass is 9.82. The number of thiazole rings is 1. The Bertz CT molecular complexity index is 794. The van der Waals surface area contributed by atoms with E-state index in [1.807, 2.05) is 36.4 Å². The van der Waals surface area contributed by atoms with Crippen molar-refractivity contribution in [3.63, 3.8) is 0 Å². The van der Waals surface area contributed by atoms with E-state index < -0.39 is 11.6 Å². The Kier molecular flexibility index (Phi) is 4.87. The third kappa shape index (κ3) is 3.72. The van der Waals surface area contributed by atoms with Gasteiger partial charge in [-0.15, -0.1) is 11.3 Å². The Morgan fingerprint density at radius 3 is 2.76 bits per heavy atom. The van der Waals surface area contributed by atoms with Crippen molar-refractivity contribution in [2.45, 2.75) is 31.3 Å². The molecule has 3 rings (SSSR count). The first-order chi connectivity index (χ1) is 11.9. The van der Waals surface area contributed by atoms with E-state index in [4.69, 9.17) is 5.11 Å². The number of nitrogens with zero attached hydrogens (tertiary/aromatic N) is 1. The summed E-state index contributed by atoms with van der Waals surface area (Å²) in [7, 11) is 0. The van der Waals surface area contributed by atoms with Gasteiger partial charge in [0.25, 0.3) is 0 Å². The zero-order valence-electron chi connectivity index (χ0n) is 13.8. The first-order valence-electron chi connectivity index (χ1n) is 8.12. The smallest absolute Gasteiger partial charge is 0.337 e. The van der Waals surface area contributed by atoms with Crippen LogP contribution in [0.4, 0.5) is 0 Å². The van der Waals surface area contributed by atoms with E-state index in [1.54, 1.807) is 11.3 Å². The Balaban J connectivity index is 1.78. The second kappa shape index (κ2) is 6.93. The summed E-state index contributed by atoms with van der Waals surface area (Å²) in [6, 6.07) is 7.86. The molecular weight excluding hydrogens is 340 g/mol. The molecule has 6 nitrogen and oxygen atoms in total. The number of aliphatic hydroxyl groups is 1. The van der Waals surface area contributed by atoms with Crippen molar-refractivity contribution in [2.75, 3.05) is 6.54 Å². The number of carboxylic acid groups (broad SMARTS) is 1. The molecule has 7 heteroatoms. The van der Waals surface area contributed by atoms with Crippen LogP contribution in [0.15, 0.2) is 36.4 Å². The van der Waals surface area contributed by atoms with Gasteiger partial charge in [-0.25, -0.2) is 9.78 Å². The largest absolute Gasteiger partial charge is 0.479 e. The van der Waals surface area contributed by atoms with Crippen LogP contribution in [-0.4, -0.2) is 39.2 Å². The molecule has 132 valence electrons. The van der Waals surface area contributed by atoms with Crippen LogP contribution < -0.4 is 5.32 Å². The highest BCUT2D eigenvalue weighted by Crippen LogP contribution is 2.38. The first-order valence-corrected chi connectivity index (χ1v) is 8.94. The third-order valence-corrected chi connectivity index (χ3v) is 5.63. The van der Waals surface area contributed by atoms with Crippen molar-refractivity contribution in [3.8, 4) is 0 Å². The van der Waals surface area contributed by atoms with Crippen molar-refractivity contribution in [3.05, 3.63) is 41.4 Å². The van der Waals surface area contributed by atoms with E-state index in [2.05, 4.69) is 10.3 Å². The molecule has 0 bridgehead atoms. The monoisotopic (exact) mass is 360 g/mol. The van der Waals surface area contributed by atoms with E-state index in [-0.39, 0.29) is 24.3 Å². The van der Waals surface area contributed by atoms with E-state index in [9.17, 15) is 14.7 Å². The number of hydrogen-bond donors (Lipinski definition) is 3. The predicted molar refractivity (Wildman–Crippen MR) is 95.5 cm³/mol. The van der Waals surface area contributed by atoms with Gasteiger partial charge in [-0.05, 0) is 31.9 Å². The summed E-state index contributed by atoms with van der Waals surface area (Å²) in [5.41, 5.74) is -1.06. The molecule has 2 aromatic rings. The Morgan fingerprint density at radius 2 is 2.04 bits per heavy atom. The number of allylic oxidation sites excluding steroid dienone is 2. The molecule has 0 spiro atoms. The Hall–Kier alpha value is -2.25. The number of fused-ring (bicyclic) bond motifs is 1. The van der Waals surface area contributed by atoms with Crippen molar-refractivity contribution in [1.29, 1.82) is 0 Å². The van der Waals surface area contributed by atoms with Crippen LogP contribution in [0.1, 0.15) is 30.7 Å². The number of aliphatic carboxylic acids is 1. The van der Waals surface area contributed by atoms with Crippen LogP contribution in [0.3, 0.4) is 0 Å². The summed E-state index contributed by atoms with van der Waals surface area (Å²) in [5, 5.41) is 22.2. The normalized spacial score (nSPS) is 22.5. The molecule has 1 amide bonds. The minimum Gasteiger partial charge on any atom is -0.479 e. The number of carbonyl (C=O) groups excluding carboxylic acids is 1. The van der Waals surface area contributed by atoms with Gasteiger partial charge < -0.3 is 15.5 Å². The molecule has 1 aliphatic rings. The minimum absolute atomic E-state index is 0.0443. The number of hydrogen-bond acceptors (Lipinski definition) is 5. The van der Waals surface area contributed by atoms with Crippen LogP contribution >= 0.6 is 11.3 Å². The lowest BCUT2D eigenvalue weighted by molar-refractivity contribution is -0.156. The second-order valence-electron chi connectivity index (χ2n) is 6.47. The maximum absolute atomic E-state index is 12.6. The van der Waals surface area contributed by atoms with Crippen LogP contribution in [0.25, 0.3) is 10.2 Å². The van der Waals surface area contributed by atoms with E-state index in [1.165, 1.54) is 6.92 Å². The number of aromatic nitrogens is 1. The van der Waals surface area contributed by atoms with Gasteiger partial charge in [-0.3, -0.25) is 4.79 Å².